The van der Waals surface area contributed by atoms with E-state index in [0.717, 1.165) is 4.47 Å². The highest BCUT2D eigenvalue weighted by Crippen LogP contribution is 2.16. The normalized spacial score (nSPS) is 10.4. The standard InChI is InChI=1S/C9H10Br/c1-7(2)8-3-5-9(10)6-4-8/h3-6H,1-2H3. The van der Waals surface area contributed by atoms with Crippen molar-refractivity contribution in [3.8, 4) is 0 Å². The molecule has 1 radical (unpaired) electrons. The van der Waals surface area contributed by atoms with E-state index in [9.17, 15) is 0 Å². The first kappa shape index (κ1) is 7.80. The van der Waals surface area contributed by atoms with Crippen LogP contribution in [0.5, 0.6) is 0 Å². The zero-order valence-corrected chi connectivity index (χ0v) is 7.77. The maximum Gasteiger partial charge on any atom is 0.0175 e. The predicted octanol–water partition coefficient (Wildman–Crippen LogP) is 3.41. The molecule has 1 rings (SSSR count). The molecule has 0 aliphatic heterocycles. The summed E-state index contributed by atoms with van der Waals surface area (Å²) in [6.07, 6.45) is 0. The summed E-state index contributed by atoms with van der Waals surface area (Å²) in [6.45, 7) is 4.23. The van der Waals surface area contributed by atoms with Gasteiger partial charge in [-0.15, -0.1) is 0 Å². The summed E-state index contributed by atoms with van der Waals surface area (Å²) < 4.78 is 1.14. The van der Waals surface area contributed by atoms with Gasteiger partial charge in [-0.1, -0.05) is 41.9 Å². The molecule has 0 spiro atoms. The van der Waals surface area contributed by atoms with E-state index in [1.165, 1.54) is 11.5 Å². The Labute approximate surface area is 70.4 Å². The van der Waals surface area contributed by atoms with Crippen LogP contribution in [-0.4, -0.2) is 0 Å². The van der Waals surface area contributed by atoms with Gasteiger partial charge in [0.15, 0.2) is 0 Å². The first-order chi connectivity index (χ1) is 4.70. The summed E-state index contributed by atoms with van der Waals surface area (Å²) in [5, 5.41) is 0. The van der Waals surface area contributed by atoms with Crippen molar-refractivity contribution >= 4 is 15.9 Å². The second-order valence-corrected chi connectivity index (χ2v) is 3.42. The van der Waals surface area contributed by atoms with Crippen molar-refractivity contribution in [2.75, 3.05) is 0 Å². The van der Waals surface area contributed by atoms with E-state index in [4.69, 9.17) is 0 Å². The van der Waals surface area contributed by atoms with Crippen molar-refractivity contribution in [3.05, 3.63) is 40.2 Å². The molecular weight excluding hydrogens is 188 g/mol. The Morgan fingerprint density at radius 1 is 1.10 bits per heavy atom. The maximum absolute atomic E-state index is 3.39. The molecule has 0 unspecified atom stereocenters. The fourth-order valence-corrected chi connectivity index (χ4v) is 1.05. The molecule has 0 amide bonds. The van der Waals surface area contributed by atoms with Gasteiger partial charge >= 0.3 is 0 Å². The van der Waals surface area contributed by atoms with Crippen LogP contribution in [0.15, 0.2) is 28.7 Å². The lowest BCUT2D eigenvalue weighted by Crippen LogP contribution is -1.85. The van der Waals surface area contributed by atoms with Crippen LogP contribution in [0.25, 0.3) is 0 Å². The molecule has 0 N–H and O–H groups in total. The molecule has 0 bridgehead atoms. The molecule has 0 fully saturated rings. The van der Waals surface area contributed by atoms with E-state index in [-0.39, 0.29) is 0 Å². The van der Waals surface area contributed by atoms with Gasteiger partial charge in [-0.05, 0) is 23.6 Å². The lowest BCUT2D eigenvalue weighted by atomic mass is 10.0. The minimum absolute atomic E-state index is 1.14. The summed E-state index contributed by atoms with van der Waals surface area (Å²) in [5.41, 5.74) is 1.31. The van der Waals surface area contributed by atoms with Crippen molar-refractivity contribution < 1.29 is 0 Å². The second kappa shape index (κ2) is 3.20. The van der Waals surface area contributed by atoms with Gasteiger partial charge in [-0.3, -0.25) is 0 Å². The summed E-state index contributed by atoms with van der Waals surface area (Å²) in [4.78, 5) is 0. The third-order valence-electron chi connectivity index (χ3n) is 1.42. The SMILES string of the molecule is C[C](C)c1ccc(Br)cc1. The molecule has 0 saturated heterocycles. The highest BCUT2D eigenvalue weighted by molar-refractivity contribution is 9.10. The van der Waals surface area contributed by atoms with Gasteiger partial charge in [0.25, 0.3) is 0 Å². The molecule has 10 heavy (non-hydrogen) atoms. The molecule has 0 atom stereocenters. The lowest BCUT2D eigenvalue weighted by molar-refractivity contribution is 1.15. The van der Waals surface area contributed by atoms with E-state index in [2.05, 4.69) is 54.0 Å². The molecule has 0 saturated carbocycles. The van der Waals surface area contributed by atoms with Crippen molar-refractivity contribution in [2.45, 2.75) is 13.8 Å². The molecule has 53 valence electrons. The minimum Gasteiger partial charge on any atom is -0.0573 e. The Bertz CT molecular complexity index is 198. The van der Waals surface area contributed by atoms with Crippen LogP contribution in [0.3, 0.4) is 0 Å². The van der Waals surface area contributed by atoms with Crippen molar-refractivity contribution in [1.82, 2.24) is 0 Å². The molecule has 0 aromatic heterocycles. The Morgan fingerprint density at radius 2 is 1.60 bits per heavy atom. The molecular formula is C9H10Br. The van der Waals surface area contributed by atoms with Crippen LogP contribution < -0.4 is 0 Å². The summed E-state index contributed by atoms with van der Waals surface area (Å²) in [7, 11) is 0. The van der Waals surface area contributed by atoms with Gasteiger partial charge in [0, 0.05) is 4.47 Å². The van der Waals surface area contributed by atoms with Crippen LogP contribution in [0.1, 0.15) is 19.4 Å². The highest BCUT2D eigenvalue weighted by atomic mass is 79.9. The van der Waals surface area contributed by atoms with E-state index in [1.54, 1.807) is 0 Å². The molecule has 0 heterocycles. The van der Waals surface area contributed by atoms with Crippen molar-refractivity contribution in [3.63, 3.8) is 0 Å². The number of hydrogen-bond donors (Lipinski definition) is 0. The fourth-order valence-electron chi connectivity index (χ4n) is 0.783. The first-order valence-corrected chi connectivity index (χ1v) is 4.05. The number of benzene rings is 1. The van der Waals surface area contributed by atoms with Gasteiger partial charge in [0.2, 0.25) is 0 Å². The zero-order valence-electron chi connectivity index (χ0n) is 6.19. The molecule has 1 heteroatoms. The smallest absolute Gasteiger partial charge is 0.0175 e. The van der Waals surface area contributed by atoms with Gasteiger partial charge in [-0.25, -0.2) is 0 Å². The Morgan fingerprint density at radius 3 is 2.00 bits per heavy atom. The van der Waals surface area contributed by atoms with E-state index < -0.39 is 0 Å². The topological polar surface area (TPSA) is 0 Å². The lowest BCUT2D eigenvalue weighted by Gasteiger charge is -2.02. The van der Waals surface area contributed by atoms with E-state index in [0.29, 0.717) is 0 Å². The van der Waals surface area contributed by atoms with E-state index in [1.807, 2.05) is 0 Å². The molecule has 0 nitrogen and oxygen atoms in total. The van der Waals surface area contributed by atoms with Crippen LogP contribution in [-0.2, 0) is 0 Å². The van der Waals surface area contributed by atoms with Crippen molar-refractivity contribution in [2.24, 2.45) is 0 Å². The third kappa shape index (κ3) is 1.84. The summed E-state index contributed by atoms with van der Waals surface area (Å²) >= 11 is 3.39. The highest BCUT2D eigenvalue weighted by Gasteiger charge is 1.96. The van der Waals surface area contributed by atoms with Crippen molar-refractivity contribution in [1.29, 1.82) is 0 Å². The minimum atomic E-state index is 1.14. The number of hydrogen-bond acceptors (Lipinski definition) is 0. The van der Waals surface area contributed by atoms with Crippen LogP contribution >= 0.6 is 15.9 Å². The summed E-state index contributed by atoms with van der Waals surface area (Å²) in [6, 6.07) is 8.34. The number of rotatable bonds is 1. The maximum atomic E-state index is 3.39. The second-order valence-electron chi connectivity index (χ2n) is 2.51. The van der Waals surface area contributed by atoms with Gasteiger partial charge in [0.1, 0.15) is 0 Å². The molecule has 0 aliphatic rings. The quantitative estimate of drug-likeness (QED) is 0.648. The largest absolute Gasteiger partial charge is 0.0573 e. The van der Waals surface area contributed by atoms with Crippen LogP contribution in [0.4, 0.5) is 0 Å². The average Bonchev–Trinajstić information content (AvgIpc) is 1.88. The molecule has 1 aromatic carbocycles. The monoisotopic (exact) mass is 197 g/mol. The number of halogens is 1. The zero-order chi connectivity index (χ0) is 7.56. The van der Waals surface area contributed by atoms with E-state index >= 15 is 0 Å². The Kier molecular flexibility index (Phi) is 2.50. The Hall–Kier alpha value is -0.300. The van der Waals surface area contributed by atoms with Gasteiger partial charge in [-0.2, -0.15) is 0 Å². The molecule has 0 aliphatic carbocycles. The third-order valence-corrected chi connectivity index (χ3v) is 1.95. The van der Waals surface area contributed by atoms with Crippen LogP contribution in [0.2, 0.25) is 0 Å². The van der Waals surface area contributed by atoms with Gasteiger partial charge in [0.05, 0.1) is 0 Å². The Balaban J connectivity index is 2.89. The average molecular weight is 198 g/mol. The fraction of sp³-hybridized carbons (Fsp3) is 0.222. The predicted molar refractivity (Wildman–Crippen MR) is 47.8 cm³/mol. The van der Waals surface area contributed by atoms with Gasteiger partial charge < -0.3 is 0 Å². The molecule has 1 aromatic rings. The van der Waals surface area contributed by atoms with Crippen LogP contribution in [0, 0.1) is 5.92 Å². The first-order valence-electron chi connectivity index (χ1n) is 3.26. The summed E-state index contributed by atoms with van der Waals surface area (Å²) in [5.74, 6) is 1.35.